The third kappa shape index (κ3) is 2.16. The van der Waals surface area contributed by atoms with E-state index in [4.69, 9.17) is 10.5 Å². The van der Waals surface area contributed by atoms with Gasteiger partial charge >= 0.3 is 0 Å². The van der Waals surface area contributed by atoms with Gasteiger partial charge in [-0.15, -0.1) is 0 Å². The first-order valence-corrected chi connectivity index (χ1v) is 5.71. The van der Waals surface area contributed by atoms with Crippen molar-refractivity contribution < 1.29 is 13.5 Å². The minimum atomic E-state index is -2.49. The molecule has 88 valence electrons. The molecule has 0 aromatic heterocycles. The van der Waals surface area contributed by atoms with Crippen LogP contribution in [0.15, 0.2) is 0 Å². The van der Waals surface area contributed by atoms with Gasteiger partial charge < -0.3 is 10.5 Å². The average molecular weight is 219 g/mol. The van der Waals surface area contributed by atoms with Gasteiger partial charge in [0.1, 0.15) is 0 Å². The lowest BCUT2D eigenvalue weighted by Crippen LogP contribution is -2.53. The summed E-state index contributed by atoms with van der Waals surface area (Å²) in [6, 6.07) is 0. The predicted octanol–water partition coefficient (Wildman–Crippen LogP) is 2.32. The van der Waals surface area contributed by atoms with Crippen LogP contribution in [0.4, 0.5) is 8.78 Å². The minimum absolute atomic E-state index is 0.0628. The fourth-order valence-corrected chi connectivity index (χ4v) is 2.94. The summed E-state index contributed by atoms with van der Waals surface area (Å²) in [6.07, 6.45) is 1.78. The van der Waals surface area contributed by atoms with Crippen molar-refractivity contribution in [1.29, 1.82) is 0 Å². The monoisotopic (exact) mass is 219 g/mol. The van der Waals surface area contributed by atoms with Crippen LogP contribution in [-0.2, 0) is 4.74 Å². The molecule has 2 atom stereocenters. The topological polar surface area (TPSA) is 35.2 Å². The Morgan fingerprint density at radius 1 is 1.20 bits per heavy atom. The van der Waals surface area contributed by atoms with Crippen LogP contribution in [0.5, 0.6) is 0 Å². The molecule has 0 bridgehead atoms. The van der Waals surface area contributed by atoms with Crippen LogP contribution in [0.2, 0.25) is 0 Å². The molecule has 2 unspecified atom stereocenters. The zero-order valence-corrected chi connectivity index (χ0v) is 9.14. The van der Waals surface area contributed by atoms with Gasteiger partial charge in [0.2, 0.25) is 5.92 Å². The molecule has 2 aliphatic rings. The largest absolute Gasteiger partial charge is 0.378 e. The number of rotatable bonds is 1. The first kappa shape index (κ1) is 11.3. The maximum absolute atomic E-state index is 13.0. The predicted molar refractivity (Wildman–Crippen MR) is 53.9 cm³/mol. The molecule has 1 saturated heterocycles. The molecular weight excluding hydrogens is 200 g/mol. The SMILES string of the molecule is CC1OCCC1C1(N)CCC(F)(F)CC1. The molecule has 2 N–H and O–H groups in total. The third-order valence-electron chi connectivity index (χ3n) is 4.03. The van der Waals surface area contributed by atoms with Crippen molar-refractivity contribution in [2.24, 2.45) is 11.7 Å². The summed E-state index contributed by atoms with van der Waals surface area (Å²) in [5.74, 6) is -2.24. The molecule has 1 saturated carbocycles. The normalized spacial score (nSPS) is 39.2. The Morgan fingerprint density at radius 2 is 1.80 bits per heavy atom. The molecule has 2 rings (SSSR count). The van der Waals surface area contributed by atoms with Gasteiger partial charge in [0.15, 0.2) is 0 Å². The highest BCUT2D eigenvalue weighted by molar-refractivity contribution is 5.00. The number of ether oxygens (including phenoxy) is 1. The first-order chi connectivity index (χ1) is 6.93. The molecule has 4 heteroatoms. The van der Waals surface area contributed by atoms with E-state index in [9.17, 15) is 8.78 Å². The summed E-state index contributed by atoms with van der Waals surface area (Å²) in [5, 5.41) is 0. The second kappa shape index (κ2) is 3.67. The van der Waals surface area contributed by atoms with E-state index in [0.29, 0.717) is 12.8 Å². The molecule has 0 radical (unpaired) electrons. The summed E-state index contributed by atoms with van der Waals surface area (Å²) < 4.78 is 31.6. The number of hydrogen-bond acceptors (Lipinski definition) is 2. The molecule has 2 fully saturated rings. The second-order valence-electron chi connectivity index (χ2n) is 5.06. The zero-order valence-electron chi connectivity index (χ0n) is 9.14. The van der Waals surface area contributed by atoms with Crippen molar-refractivity contribution in [3.05, 3.63) is 0 Å². The summed E-state index contributed by atoms with van der Waals surface area (Å²) in [5.41, 5.74) is 5.84. The Bertz CT molecular complexity index is 235. The Kier molecular flexibility index (Phi) is 2.75. The lowest BCUT2D eigenvalue weighted by Gasteiger charge is -2.42. The fraction of sp³-hybridized carbons (Fsp3) is 1.00. The quantitative estimate of drug-likeness (QED) is 0.734. The van der Waals surface area contributed by atoms with Gasteiger partial charge in [-0.3, -0.25) is 0 Å². The van der Waals surface area contributed by atoms with Crippen molar-refractivity contribution in [3.63, 3.8) is 0 Å². The highest BCUT2D eigenvalue weighted by Gasteiger charge is 2.48. The van der Waals surface area contributed by atoms with E-state index in [1.54, 1.807) is 0 Å². The lowest BCUT2D eigenvalue weighted by atomic mass is 9.70. The number of hydrogen-bond donors (Lipinski definition) is 1. The molecule has 0 aromatic carbocycles. The van der Waals surface area contributed by atoms with Gasteiger partial charge in [-0.25, -0.2) is 8.78 Å². The smallest absolute Gasteiger partial charge is 0.248 e. The lowest BCUT2D eigenvalue weighted by molar-refractivity contribution is -0.0631. The number of halogens is 2. The number of nitrogens with two attached hydrogens (primary N) is 1. The summed E-state index contributed by atoms with van der Waals surface area (Å²) in [7, 11) is 0. The second-order valence-corrected chi connectivity index (χ2v) is 5.06. The molecule has 0 aromatic rings. The highest BCUT2D eigenvalue weighted by Crippen LogP contribution is 2.44. The average Bonchev–Trinajstić information content (AvgIpc) is 2.58. The van der Waals surface area contributed by atoms with Crippen LogP contribution in [0.25, 0.3) is 0 Å². The van der Waals surface area contributed by atoms with Crippen LogP contribution in [0.3, 0.4) is 0 Å². The molecule has 0 amide bonds. The number of alkyl halides is 2. The van der Waals surface area contributed by atoms with Crippen LogP contribution in [0.1, 0.15) is 39.0 Å². The van der Waals surface area contributed by atoms with Gasteiger partial charge in [0.05, 0.1) is 6.10 Å². The van der Waals surface area contributed by atoms with Crippen LogP contribution in [0, 0.1) is 5.92 Å². The zero-order chi connectivity index (χ0) is 11.1. The van der Waals surface area contributed by atoms with Gasteiger partial charge in [-0.2, -0.15) is 0 Å². The van der Waals surface area contributed by atoms with Gasteiger partial charge in [0.25, 0.3) is 0 Å². The van der Waals surface area contributed by atoms with Gasteiger partial charge in [-0.05, 0) is 26.2 Å². The Balaban J connectivity index is 2.02. The molecule has 2 nitrogen and oxygen atoms in total. The Morgan fingerprint density at radius 3 is 2.27 bits per heavy atom. The van der Waals surface area contributed by atoms with E-state index < -0.39 is 11.5 Å². The summed E-state index contributed by atoms with van der Waals surface area (Å²) in [6.45, 7) is 2.72. The maximum Gasteiger partial charge on any atom is 0.248 e. The highest BCUT2D eigenvalue weighted by atomic mass is 19.3. The molecule has 1 heterocycles. The molecule has 1 aliphatic carbocycles. The standard InChI is InChI=1S/C11H19F2NO/c1-8-9(2-7-15-8)10(14)3-5-11(12,13)6-4-10/h8-9H,2-7,14H2,1H3. The Labute approximate surface area is 89.2 Å². The maximum atomic E-state index is 13.0. The first-order valence-electron chi connectivity index (χ1n) is 5.71. The molecule has 0 spiro atoms. The summed E-state index contributed by atoms with van der Waals surface area (Å²) >= 11 is 0. The van der Waals surface area contributed by atoms with Crippen molar-refractivity contribution >= 4 is 0 Å². The van der Waals surface area contributed by atoms with Crippen molar-refractivity contribution in [2.45, 2.75) is 56.6 Å². The third-order valence-corrected chi connectivity index (χ3v) is 4.03. The van der Waals surface area contributed by atoms with Gasteiger partial charge in [-0.1, -0.05) is 0 Å². The van der Waals surface area contributed by atoms with Crippen LogP contribution >= 0.6 is 0 Å². The van der Waals surface area contributed by atoms with Crippen LogP contribution < -0.4 is 5.73 Å². The summed E-state index contributed by atoms with van der Waals surface area (Å²) in [4.78, 5) is 0. The van der Waals surface area contributed by atoms with Crippen molar-refractivity contribution in [3.8, 4) is 0 Å². The van der Waals surface area contributed by atoms with E-state index in [-0.39, 0.29) is 24.9 Å². The molecule has 1 aliphatic heterocycles. The van der Waals surface area contributed by atoms with Crippen molar-refractivity contribution in [2.75, 3.05) is 6.61 Å². The minimum Gasteiger partial charge on any atom is -0.378 e. The van der Waals surface area contributed by atoms with E-state index in [0.717, 1.165) is 13.0 Å². The van der Waals surface area contributed by atoms with E-state index >= 15 is 0 Å². The Hall–Kier alpha value is -0.220. The molecule has 15 heavy (non-hydrogen) atoms. The van der Waals surface area contributed by atoms with Crippen LogP contribution in [-0.4, -0.2) is 24.2 Å². The van der Waals surface area contributed by atoms with E-state index in [1.807, 2.05) is 6.92 Å². The van der Waals surface area contributed by atoms with E-state index in [1.165, 1.54) is 0 Å². The van der Waals surface area contributed by atoms with E-state index in [2.05, 4.69) is 0 Å². The van der Waals surface area contributed by atoms with Crippen molar-refractivity contribution in [1.82, 2.24) is 0 Å². The fourth-order valence-electron chi connectivity index (χ4n) is 2.94. The van der Waals surface area contributed by atoms with Gasteiger partial charge in [0, 0.05) is 30.9 Å². The molecular formula is C11H19F2NO.